The van der Waals surface area contributed by atoms with Gasteiger partial charge in [0.2, 0.25) is 5.95 Å². The molecule has 0 fully saturated rings. The molecule has 0 aliphatic heterocycles. The Kier molecular flexibility index (Phi) is 6.76. The molecule has 3 rings (SSSR count). The van der Waals surface area contributed by atoms with Crippen LogP contribution in [0.1, 0.15) is 19.4 Å². The first kappa shape index (κ1) is 22.8. The number of hydrogen-bond acceptors (Lipinski definition) is 7. The van der Waals surface area contributed by atoms with Crippen LogP contribution in [0.25, 0.3) is 0 Å². The van der Waals surface area contributed by atoms with E-state index in [-0.39, 0.29) is 11.6 Å². The molecule has 0 saturated heterocycles. The summed E-state index contributed by atoms with van der Waals surface area (Å²) in [6.45, 7) is 4.43. The van der Waals surface area contributed by atoms with E-state index in [0.717, 1.165) is 0 Å². The lowest BCUT2D eigenvalue weighted by atomic mass is 10.2. The number of non-ortho nitro benzene ring substituents is 1. The van der Waals surface area contributed by atoms with Crippen molar-refractivity contribution < 1.29 is 22.8 Å². The summed E-state index contributed by atoms with van der Waals surface area (Å²) < 4.78 is 46.1. The lowest BCUT2D eigenvalue weighted by molar-refractivity contribution is -0.384. The van der Waals surface area contributed by atoms with Crippen LogP contribution in [-0.4, -0.2) is 21.5 Å². The van der Waals surface area contributed by atoms with Crippen LogP contribution in [0.4, 0.5) is 42.0 Å². The molecule has 0 spiro atoms. The number of nitrogens with zero attached hydrogens (tertiary/aromatic N) is 3. The number of nitro groups is 1. The van der Waals surface area contributed by atoms with Crippen LogP contribution >= 0.6 is 0 Å². The zero-order valence-electron chi connectivity index (χ0n) is 17.2. The number of aromatic nitrogens is 2. The molecule has 0 saturated carbocycles. The minimum Gasteiger partial charge on any atom is -0.493 e. The van der Waals surface area contributed by atoms with Crippen LogP contribution in [-0.2, 0) is 6.18 Å². The van der Waals surface area contributed by atoms with Gasteiger partial charge in [0.15, 0.2) is 0 Å². The average Bonchev–Trinajstić information content (AvgIpc) is 2.72. The molecular formula is C21H20F3N5O3. The van der Waals surface area contributed by atoms with Gasteiger partial charge in [-0.2, -0.15) is 18.2 Å². The molecule has 0 amide bonds. The van der Waals surface area contributed by atoms with Crippen molar-refractivity contribution in [1.29, 1.82) is 0 Å². The minimum atomic E-state index is -4.68. The predicted octanol–water partition coefficient (Wildman–Crippen LogP) is 5.93. The van der Waals surface area contributed by atoms with Gasteiger partial charge < -0.3 is 15.4 Å². The van der Waals surface area contributed by atoms with Gasteiger partial charge in [-0.15, -0.1) is 0 Å². The van der Waals surface area contributed by atoms with Crippen molar-refractivity contribution in [2.75, 3.05) is 17.2 Å². The fourth-order valence-electron chi connectivity index (χ4n) is 2.60. The highest BCUT2D eigenvalue weighted by Gasteiger charge is 2.35. The smallest absolute Gasteiger partial charge is 0.421 e. The van der Waals surface area contributed by atoms with Crippen LogP contribution in [0, 0.1) is 16.0 Å². The fraction of sp³-hybridized carbons (Fsp3) is 0.238. The molecule has 0 unspecified atom stereocenters. The molecule has 2 N–H and O–H groups in total. The van der Waals surface area contributed by atoms with Crippen molar-refractivity contribution in [3.8, 4) is 5.75 Å². The van der Waals surface area contributed by atoms with Gasteiger partial charge in [0.1, 0.15) is 17.1 Å². The normalized spacial score (nSPS) is 11.3. The number of rotatable bonds is 8. The summed E-state index contributed by atoms with van der Waals surface area (Å²) in [6, 6.07) is 11.9. The van der Waals surface area contributed by atoms with Gasteiger partial charge in [-0.25, -0.2) is 4.98 Å². The molecule has 0 radical (unpaired) electrons. The van der Waals surface area contributed by atoms with Crippen LogP contribution in [0.5, 0.6) is 5.75 Å². The lowest BCUT2D eigenvalue weighted by Crippen LogP contribution is -2.12. The maximum atomic E-state index is 13.5. The molecule has 3 aromatic rings. The van der Waals surface area contributed by atoms with Crippen LogP contribution in [0.2, 0.25) is 0 Å². The van der Waals surface area contributed by atoms with Crippen molar-refractivity contribution in [2.45, 2.75) is 20.0 Å². The monoisotopic (exact) mass is 447 g/mol. The largest absolute Gasteiger partial charge is 0.493 e. The zero-order chi connectivity index (χ0) is 23.3. The highest BCUT2D eigenvalue weighted by molar-refractivity contribution is 5.64. The van der Waals surface area contributed by atoms with Gasteiger partial charge in [0, 0.05) is 35.8 Å². The number of ether oxygens (including phenoxy) is 1. The zero-order valence-corrected chi connectivity index (χ0v) is 17.2. The number of nitro benzene ring substituents is 1. The first-order chi connectivity index (χ1) is 15.1. The maximum absolute atomic E-state index is 13.5. The standard InChI is InChI=1S/C21H20F3N5O3/c1-13(2)12-32-17-5-3-4-15(10-17)26-19-18(21(22,23)24)11-25-20(28-19)27-14-6-8-16(9-7-14)29(30)31/h3-11,13H,12H2,1-2H3,(H2,25,26,27,28). The summed E-state index contributed by atoms with van der Waals surface area (Å²) in [5, 5.41) is 16.2. The van der Waals surface area contributed by atoms with E-state index in [0.29, 0.717) is 35.8 Å². The Morgan fingerprint density at radius 3 is 2.44 bits per heavy atom. The van der Waals surface area contributed by atoms with E-state index in [2.05, 4.69) is 20.6 Å². The third-order valence-corrected chi connectivity index (χ3v) is 4.11. The first-order valence-electron chi connectivity index (χ1n) is 9.57. The van der Waals surface area contributed by atoms with Gasteiger partial charge in [0.25, 0.3) is 5.69 Å². The Bertz CT molecular complexity index is 1090. The SMILES string of the molecule is CC(C)COc1cccc(Nc2nc(Nc3ccc([N+](=O)[O-])cc3)ncc2C(F)(F)F)c1. The topological polar surface area (TPSA) is 102 Å². The molecule has 8 nitrogen and oxygen atoms in total. The van der Waals surface area contributed by atoms with E-state index in [9.17, 15) is 23.3 Å². The molecule has 168 valence electrons. The van der Waals surface area contributed by atoms with Gasteiger partial charge >= 0.3 is 6.18 Å². The number of hydrogen-bond donors (Lipinski definition) is 2. The highest BCUT2D eigenvalue weighted by Crippen LogP contribution is 2.35. The Morgan fingerprint density at radius 1 is 1.09 bits per heavy atom. The van der Waals surface area contributed by atoms with Crippen molar-refractivity contribution in [1.82, 2.24) is 9.97 Å². The summed E-state index contributed by atoms with van der Waals surface area (Å²) in [6.07, 6.45) is -4.01. The summed E-state index contributed by atoms with van der Waals surface area (Å²) >= 11 is 0. The third kappa shape index (κ3) is 6.06. The number of benzene rings is 2. The van der Waals surface area contributed by atoms with Crippen LogP contribution in [0.15, 0.2) is 54.7 Å². The van der Waals surface area contributed by atoms with Gasteiger partial charge in [-0.05, 0) is 30.2 Å². The maximum Gasteiger partial charge on any atom is 0.421 e. The van der Waals surface area contributed by atoms with E-state index < -0.39 is 22.5 Å². The third-order valence-electron chi connectivity index (χ3n) is 4.11. The molecule has 0 atom stereocenters. The van der Waals surface area contributed by atoms with Crippen molar-refractivity contribution in [2.24, 2.45) is 5.92 Å². The number of alkyl halides is 3. The first-order valence-corrected chi connectivity index (χ1v) is 9.57. The van der Waals surface area contributed by atoms with E-state index in [1.54, 1.807) is 24.3 Å². The van der Waals surface area contributed by atoms with Crippen molar-refractivity contribution in [3.63, 3.8) is 0 Å². The molecule has 1 heterocycles. The molecule has 0 aliphatic rings. The molecule has 11 heteroatoms. The second-order valence-electron chi connectivity index (χ2n) is 7.24. The quantitative estimate of drug-likeness (QED) is 0.326. The summed E-state index contributed by atoms with van der Waals surface area (Å²) in [5.74, 6) is 0.244. The Hall–Kier alpha value is -3.89. The Labute approximate surface area is 181 Å². The van der Waals surface area contributed by atoms with Crippen molar-refractivity contribution >= 4 is 28.8 Å². The Balaban J connectivity index is 1.86. The number of anilines is 4. The molecule has 2 aromatic carbocycles. The Morgan fingerprint density at radius 2 is 1.81 bits per heavy atom. The van der Waals surface area contributed by atoms with Gasteiger partial charge in [-0.3, -0.25) is 10.1 Å². The number of halogens is 3. The van der Waals surface area contributed by atoms with Gasteiger partial charge in [0.05, 0.1) is 11.5 Å². The van der Waals surface area contributed by atoms with Crippen LogP contribution in [0.3, 0.4) is 0 Å². The second-order valence-corrected chi connectivity index (χ2v) is 7.24. The summed E-state index contributed by atoms with van der Waals surface area (Å²) in [4.78, 5) is 17.9. The van der Waals surface area contributed by atoms with E-state index in [1.807, 2.05) is 13.8 Å². The molecule has 0 bridgehead atoms. The van der Waals surface area contributed by atoms with E-state index in [1.165, 1.54) is 24.3 Å². The average molecular weight is 447 g/mol. The van der Waals surface area contributed by atoms with E-state index in [4.69, 9.17) is 4.74 Å². The molecule has 1 aromatic heterocycles. The molecule has 32 heavy (non-hydrogen) atoms. The van der Waals surface area contributed by atoms with Gasteiger partial charge in [-0.1, -0.05) is 19.9 Å². The summed E-state index contributed by atoms with van der Waals surface area (Å²) in [7, 11) is 0. The highest BCUT2D eigenvalue weighted by atomic mass is 19.4. The second kappa shape index (κ2) is 9.50. The molecular weight excluding hydrogens is 427 g/mol. The van der Waals surface area contributed by atoms with Crippen LogP contribution < -0.4 is 15.4 Å². The summed E-state index contributed by atoms with van der Waals surface area (Å²) in [5.41, 5.74) is -0.423. The molecule has 0 aliphatic carbocycles. The van der Waals surface area contributed by atoms with Crippen molar-refractivity contribution in [3.05, 3.63) is 70.4 Å². The lowest BCUT2D eigenvalue weighted by Gasteiger charge is -2.16. The number of nitrogens with one attached hydrogen (secondary N) is 2. The predicted molar refractivity (Wildman–Crippen MR) is 113 cm³/mol. The van der Waals surface area contributed by atoms with E-state index >= 15 is 0 Å². The fourth-order valence-corrected chi connectivity index (χ4v) is 2.60. The minimum absolute atomic E-state index is 0.110.